The average Bonchev–Trinajstić information content (AvgIpc) is 2.47. The molecule has 0 saturated carbocycles. The van der Waals surface area contributed by atoms with E-state index in [2.05, 4.69) is 22.9 Å². The first-order valence-corrected chi connectivity index (χ1v) is 6.65. The molecule has 0 radical (unpaired) electrons. The Balaban J connectivity index is 0.000000956. The fourth-order valence-corrected chi connectivity index (χ4v) is 1.67. The molecule has 0 N–H and O–H groups in total. The molecule has 20 heavy (non-hydrogen) atoms. The molecule has 2 nitrogen and oxygen atoms in total. The Kier molecular flexibility index (Phi) is 6.01. The highest BCUT2D eigenvalue weighted by Crippen LogP contribution is 2.08. The van der Waals surface area contributed by atoms with Gasteiger partial charge in [-0.1, -0.05) is 25.8 Å². The van der Waals surface area contributed by atoms with Crippen LogP contribution in [0.2, 0.25) is 0 Å². The van der Waals surface area contributed by atoms with Gasteiger partial charge in [0.2, 0.25) is 0 Å². The largest absolute Gasteiger partial charge is 0.245 e. The molecule has 1 aromatic heterocycles. The standard InChI is InChI=1S/C16H12N2.C2H6/c1-12-8-14(10-15(9-12)11-17)6-7-16-5-3-4-13(2)18-16;1-2/h3-5,8-10H,1-2H3;1-2H3. The first kappa shape index (κ1) is 15.5. The topological polar surface area (TPSA) is 36.7 Å². The maximum absolute atomic E-state index is 8.90. The molecule has 0 aliphatic carbocycles. The van der Waals surface area contributed by atoms with Crippen LogP contribution in [0.1, 0.15) is 41.9 Å². The van der Waals surface area contributed by atoms with Gasteiger partial charge in [0, 0.05) is 11.3 Å². The van der Waals surface area contributed by atoms with Gasteiger partial charge in [-0.05, 0) is 55.7 Å². The molecule has 0 atom stereocenters. The summed E-state index contributed by atoms with van der Waals surface area (Å²) >= 11 is 0. The molecule has 1 heterocycles. The van der Waals surface area contributed by atoms with Gasteiger partial charge in [0.1, 0.15) is 5.69 Å². The van der Waals surface area contributed by atoms with Crippen molar-refractivity contribution in [3.63, 3.8) is 0 Å². The second-order valence-corrected chi connectivity index (χ2v) is 4.11. The van der Waals surface area contributed by atoms with E-state index in [-0.39, 0.29) is 0 Å². The van der Waals surface area contributed by atoms with Crippen molar-refractivity contribution >= 4 is 0 Å². The van der Waals surface area contributed by atoms with Gasteiger partial charge >= 0.3 is 0 Å². The van der Waals surface area contributed by atoms with Gasteiger partial charge in [-0.25, -0.2) is 4.98 Å². The van der Waals surface area contributed by atoms with Crippen molar-refractivity contribution in [2.45, 2.75) is 27.7 Å². The molecule has 0 fully saturated rings. The lowest BCUT2D eigenvalue weighted by Gasteiger charge is -1.96. The third-order valence-electron chi connectivity index (χ3n) is 2.43. The van der Waals surface area contributed by atoms with Crippen LogP contribution in [0.3, 0.4) is 0 Å². The Morgan fingerprint density at radius 1 is 0.950 bits per heavy atom. The summed E-state index contributed by atoms with van der Waals surface area (Å²) in [7, 11) is 0. The minimum atomic E-state index is 0.636. The summed E-state index contributed by atoms with van der Waals surface area (Å²) in [5.74, 6) is 6.05. The Morgan fingerprint density at radius 3 is 2.30 bits per heavy atom. The van der Waals surface area contributed by atoms with Gasteiger partial charge in [-0.15, -0.1) is 0 Å². The summed E-state index contributed by atoms with van der Waals surface area (Å²) in [6.45, 7) is 7.89. The predicted molar refractivity (Wildman–Crippen MR) is 82.2 cm³/mol. The number of rotatable bonds is 0. The number of benzene rings is 1. The van der Waals surface area contributed by atoms with E-state index in [0.717, 1.165) is 22.5 Å². The van der Waals surface area contributed by atoms with E-state index in [0.29, 0.717) is 5.56 Å². The van der Waals surface area contributed by atoms with Crippen LogP contribution in [-0.4, -0.2) is 4.98 Å². The summed E-state index contributed by atoms with van der Waals surface area (Å²) in [4.78, 5) is 4.31. The lowest BCUT2D eigenvalue weighted by molar-refractivity contribution is 1.18. The number of hydrogen-bond acceptors (Lipinski definition) is 2. The van der Waals surface area contributed by atoms with Gasteiger partial charge in [-0.2, -0.15) is 5.26 Å². The fraction of sp³-hybridized carbons (Fsp3) is 0.222. The average molecular weight is 262 g/mol. The highest BCUT2D eigenvalue weighted by atomic mass is 14.7. The molecule has 0 spiro atoms. The molecule has 100 valence electrons. The third-order valence-corrected chi connectivity index (χ3v) is 2.43. The Bertz CT molecular complexity index is 683. The highest BCUT2D eigenvalue weighted by molar-refractivity contribution is 5.46. The van der Waals surface area contributed by atoms with Crippen molar-refractivity contribution in [2.24, 2.45) is 0 Å². The smallest absolute Gasteiger partial charge is 0.113 e. The zero-order chi connectivity index (χ0) is 15.0. The van der Waals surface area contributed by atoms with E-state index < -0.39 is 0 Å². The number of aromatic nitrogens is 1. The van der Waals surface area contributed by atoms with E-state index in [9.17, 15) is 0 Å². The van der Waals surface area contributed by atoms with Crippen molar-refractivity contribution in [1.82, 2.24) is 4.98 Å². The molecule has 1 aromatic carbocycles. The molecule has 0 unspecified atom stereocenters. The van der Waals surface area contributed by atoms with Gasteiger partial charge in [0.25, 0.3) is 0 Å². The normalized spacial score (nSPS) is 8.55. The number of hydrogen-bond donors (Lipinski definition) is 0. The highest BCUT2D eigenvalue weighted by Gasteiger charge is 1.95. The molecule has 0 bridgehead atoms. The quantitative estimate of drug-likeness (QED) is 0.673. The molecule has 0 aliphatic heterocycles. The second kappa shape index (κ2) is 7.77. The van der Waals surface area contributed by atoms with Gasteiger partial charge < -0.3 is 0 Å². The van der Waals surface area contributed by atoms with Crippen molar-refractivity contribution in [3.05, 3.63) is 64.5 Å². The minimum absolute atomic E-state index is 0.636. The van der Waals surface area contributed by atoms with Crippen molar-refractivity contribution in [1.29, 1.82) is 5.26 Å². The molecule has 0 aliphatic rings. The van der Waals surface area contributed by atoms with Crippen LogP contribution in [0.4, 0.5) is 0 Å². The van der Waals surface area contributed by atoms with Crippen molar-refractivity contribution in [2.75, 3.05) is 0 Å². The zero-order valence-corrected chi connectivity index (χ0v) is 12.4. The van der Waals surface area contributed by atoms with Crippen molar-refractivity contribution in [3.8, 4) is 17.9 Å². The second-order valence-electron chi connectivity index (χ2n) is 4.11. The van der Waals surface area contributed by atoms with Crippen LogP contribution in [0.5, 0.6) is 0 Å². The zero-order valence-electron chi connectivity index (χ0n) is 12.4. The van der Waals surface area contributed by atoms with Crippen LogP contribution >= 0.6 is 0 Å². The van der Waals surface area contributed by atoms with Crippen LogP contribution in [0.25, 0.3) is 0 Å². The maximum Gasteiger partial charge on any atom is 0.113 e. The first-order valence-electron chi connectivity index (χ1n) is 6.65. The SMILES string of the molecule is CC.Cc1cc(C#N)cc(C#Cc2cccc(C)n2)c1. The fourth-order valence-electron chi connectivity index (χ4n) is 1.67. The number of pyridine rings is 1. The summed E-state index contributed by atoms with van der Waals surface area (Å²) < 4.78 is 0. The van der Waals surface area contributed by atoms with E-state index >= 15 is 0 Å². The lowest BCUT2D eigenvalue weighted by Crippen LogP contribution is -1.86. The van der Waals surface area contributed by atoms with Crippen LogP contribution < -0.4 is 0 Å². The Hall–Kier alpha value is -2.58. The summed E-state index contributed by atoms with van der Waals surface area (Å²) in [6.07, 6.45) is 0. The summed E-state index contributed by atoms with van der Waals surface area (Å²) in [5.41, 5.74) is 4.21. The Morgan fingerprint density at radius 2 is 1.65 bits per heavy atom. The number of nitriles is 1. The molecule has 0 saturated heterocycles. The van der Waals surface area contributed by atoms with Crippen LogP contribution in [0, 0.1) is 37.0 Å². The van der Waals surface area contributed by atoms with E-state index in [1.54, 1.807) is 6.07 Å². The monoisotopic (exact) mass is 262 g/mol. The van der Waals surface area contributed by atoms with E-state index in [4.69, 9.17) is 5.26 Å². The van der Waals surface area contributed by atoms with Gasteiger partial charge in [-0.3, -0.25) is 0 Å². The maximum atomic E-state index is 8.90. The number of aryl methyl sites for hydroxylation is 2. The molecule has 2 rings (SSSR count). The molecule has 2 aromatic rings. The van der Waals surface area contributed by atoms with E-state index in [1.807, 2.05) is 58.0 Å². The van der Waals surface area contributed by atoms with Crippen molar-refractivity contribution < 1.29 is 0 Å². The third kappa shape index (κ3) is 4.59. The van der Waals surface area contributed by atoms with Crippen LogP contribution in [0.15, 0.2) is 36.4 Å². The molecule has 2 heteroatoms. The summed E-state index contributed by atoms with van der Waals surface area (Å²) in [5, 5.41) is 8.90. The van der Waals surface area contributed by atoms with Crippen LogP contribution in [-0.2, 0) is 0 Å². The molecule has 0 amide bonds. The summed E-state index contributed by atoms with van der Waals surface area (Å²) in [6, 6.07) is 13.5. The number of nitrogens with zero attached hydrogens (tertiary/aromatic N) is 2. The van der Waals surface area contributed by atoms with Gasteiger partial charge in [0.15, 0.2) is 0 Å². The minimum Gasteiger partial charge on any atom is -0.245 e. The molecular weight excluding hydrogens is 244 g/mol. The lowest BCUT2D eigenvalue weighted by atomic mass is 10.1. The Labute approximate surface area is 121 Å². The van der Waals surface area contributed by atoms with Gasteiger partial charge in [0.05, 0.1) is 11.6 Å². The predicted octanol–water partition coefficient (Wildman–Crippen LogP) is 4.00. The van der Waals surface area contributed by atoms with E-state index in [1.165, 1.54) is 0 Å². The molecular formula is C18H18N2. The first-order chi connectivity index (χ1) is 9.67.